The number of hydrogen-bond acceptors (Lipinski definition) is 3. The maximum atomic E-state index is 6.14. The summed E-state index contributed by atoms with van der Waals surface area (Å²) in [7, 11) is 1.40. The summed E-state index contributed by atoms with van der Waals surface area (Å²) in [6.45, 7) is 12.6. The summed E-state index contributed by atoms with van der Waals surface area (Å²) in [6.07, 6.45) is 0.933. The predicted molar refractivity (Wildman–Crippen MR) is 82.8 cm³/mol. The van der Waals surface area contributed by atoms with Crippen LogP contribution in [0.3, 0.4) is 0 Å². The van der Waals surface area contributed by atoms with Gasteiger partial charge in [-0.2, -0.15) is 0 Å². The van der Waals surface area contributed by atoms with Gasteiger partial charge in [-0.05, 0) is 63.7 Å². The van der Waals surface area contributed by atoms with Crippen molar-refractivity contribution in [2.45, 2.75) is 59.2 Å². The highest BCUT2D eigenvalue weighted by atomic mass is 16.7. The van der Waals surface area contributed by atoms with Crippen molar-refractivity contribution in [2.24, 2.45) is 0 Å². The molecule has 0 N–H and O–H groups in total. The van der Waals surface area contributed by atoms with E-state index in [0.717, 1.165) is 17.6 Å². The Labute approximate surface area is 122 Å². The van der Waals surface area contributed by atoms with Crippen molar-refractivity contribution < 1.29 is 14.0 Å². The molecule has 1 aliphatic rings. The fourth-order valence-electron chi connectivity index (χ4n) is 2.61. The van der Waals surface area contributed by atoms with Crippen LogP contribution in [0.2, 0.25) is 0 Å². The van der Waals surface area contributed by atoms with E-state index in [-0.39, 0.29) is 18.3 Å². The molecule has 1 heterocycles. The van der Waals surface area contributed by atoms with Gasteiger partial charge in [-0.25, -0.2) is 0 Å². The maximum Gasteiger partial charge on any atom is 0.495 e. The number of rotatable bonds is 3. The molecule has 3 nitrogen and oxygen atoms in total. The zero-order valence-corrected chi connectivity index (χ0v) is 13.7. The van der Waals surface area contributed by atoms with Crippen molar-refractivity contribution in [3.05, 3.63) is 23.3 Å². The normalized spacial score (nSPS) is 20.2. The monoisotopic (exact) mass is 276 g/mol. The molecule has 0 bridgehead atoms. The van der Waals surface area contributed by atoms with E-state index in [9.17, 15) is 0 Å². The van der Waals surface area contributed by atoms with Gasteiger partial charge in [0.15, 0.2) is 0 Å². The highest BCUT2D eigenvalue weighted by molar-refractivity contribution is 6.62. The zero-order valence-electron chi connectivity index (χ0n) is 13.7. The molecule has 1 fully saturated rings. The lowest BCUT2D eigenvalue weighted by Gasteiger charge is -2.32. The largest absolute Gasteiger partial charge is 0.496 e. The summed E-state index contributed by atoms with van der Waals surface area (Å²) in [5, 5.41) is 0. The Morgan fingerprint density at radius 3 is 2.10 bits per heavy atom. The second-order valence-electron chi connectivity index (χ2n) is 6.40. The molecule has 1 aliphatic heterocycles. The molecule has 1 aromatic rings. The fourth-order valence-corrected chi connectivity index (χ4v) is 2.61. The van der Waals surface area contributed by atoms with Crippen LogP contribution in [0.1, 0.15) is 45.7 Å². The number of methoxy groups -OCH3 is 1. The molecule has 20 heavy (non-hydrogen) atoms. The van der Waals surface area contributed by atoms with Gasteiger partial charge in [0, 0.05) is 0 Å². The molecular formula is C16H25BO3. The second-order valence-corrected chi connectivity index (χ2v) is 6.40. The van der Waals surface area contributed by atoms with Crippen LogP contribution in [-0.2, 0) is 15.7 Å². The van der Waals surface area contributed by atoms with Gasteiger partial charge in [0.25, 0.3) is 0 Å². The molecule has 0 saturated carbocycles. The average molecular weight is 276 g/mol. The smallest absolute Gasteiger partial charge is 0.495 e. The number of hydrogen-bond donors (Lipinski definition) is 0. The van der Waals surface area contributed by atoms with E-state index in [0.29, 0.717) is 0 Å². The topological polar surface area (TPSA) is 27.7 Å². The third-order valence-electron chi connectivity index (χ3n) is 4.68. The molecule has 1 saturated heterocycles. The lowest BCUT2D eigenvalue weighted by atomic mass is 9.74. The summed E-state index contributed by atoms with van der Waals surface area (Å²) in [5.74, 6) is 0.935. The molecule has 2 rings (SSSR count). The molecule has 1 aromatic carbocycles. The first-order valence-electron chi connectivity index (χ1n) is 7.25. The van der Waals surface area contributed by atoms with Gasteiger partial charge in [-0.3, -0.25) is 0 Å². The first-order valence-corrected chi connectivity index (χ1v) is 7.25. The van der Waals surface area contributed by atoms with E-state index in [2.05, 4.69) is 47.6 Å². The van der Waals surface area contributed by atoms with Crippen LogP contribution in [-0.4, -0.2) is 25.4 Å². The zero-order chi connectivity index (χ0) is 15.1. The summed E-state index contributed by atoms with van der Waals surface area (Å²) in [5.41, 5.74) is 2.90. The number of ether oxygens (including phenoxy) is 1. The van der Waals surface area contributed by atoms with Gasteiger partial charge in [0.2, 0.25) is 0 Å². The molecule has 0 radical (unpaired) electrons. The molecule has 0 unspecified atom stereocenters. The Hall–Kier alpha value is -0.995. The van der Waals surface area contributed by atoms with Gasteiger partial charge in [0.1, 0.15) is 5.75 Å². The lowest BCUT2D eigenvalue weighted by molar-refractivity contribution is 0.00578. The first-order chi connectivity index (χ1) is 9.23. The predicted octanol–water partition coefficient (Wildman–Crippen LogP) is 2.87. The van der Waals surface area contributed by atoms with Crippen LogP contribution in [0.4, 0.5) is 0 Å². The van der Waals surface area contributed by atoms with Crippen molar-refractivity contribution in [1.82, 2.24) is 0 Å². The minimum absolute atomic E-state index is 0.309. The van der Waals surface area contributed by atoms with E-state index in [1.807, 2.05) is 6.07 Å². The third-order valence-corrected chi connectivity index (χ3v) is 4.68. The maximum absolute atomic E-state index is 6.14. The molecule has 0 atom stereocenters. The van der Waals surface area contributed by atoms with Gasteiger partial charge >= 0.3 is 7.12 Å². The number of benzene rings is 1. The summed E-state index contributed by atoms with van der Waals surface area (Å²) >= 11 is 0. The summed E-state index contributed by atoms with van der Waals surface area (Å²) in [6, 6.07) is 4.06. The summed E-state index contributed by atoms with van der Waals surface area (Å²) in [4.78, 5) is 0. The van der Waals surface area contributed by atoms with Crippen LogP contribution in [0.25, 0.3) is 0 Å². The lowest BCUT2D eigenvalue weighted by Crippen LogP contribution is -2.41. The Morgan fingerprint density at radius 1 is 1.10 bits per heavy atom. The molecule has 4 heteroatoms. The van der Waals surface area contributed by atoms with Crippen molar-refractivity contribution in [3.63, 3.8) is 0 Å². The van der Waals surface area contributed by atoms with Crippen LogP contribution >= 0.6 is 0 Å². The van der Waals surface area contributed by atoms with E-state index in [1.54, 1.807) is 7.11 Å². The highest BCUT2D eigenvalue weighted by Crippen LogP contribution is 2.37. The van der Waals surface area contributed by atoms with E-state index >= 15 is 0 Å². The Balaban J connectivity index is 2.41. The molecule has 110 valence electrons. The minimum atomic E-state index is -0.309. The quantitative estimate of drug-likeness (QED) is 0.794. The van der Waals surface area contributed by atoms with E-state index < -0.39 is 0 Å². The molecular weight excluding hydrogens is 251 g/mol. The minimum Gasteiger partial charge on any atom is -0.496 e. The molecule has 0 spiro atoms. The first kappa shape index (κ1) is 15.4. The van der Waals surface area contributed by atoms with Gasteiger partial charge < -0.3 is 14.0 Å². The van der Waals surface area contributed by atoms with E-state index in [4.69, 9.17) is 14.0 Å². The molecule has 0 aromatic heterocycles. The van der Waals surface area contributed by atoms with Crippen LogP contribution in [0, 0.1) is 6.92 Å². The van der Waals surface area contributed by atoms with Crippen molar-refractivity contribution >= 4 is 12.6 Å². The Morgan fingerprint density at radius 2 is 1.65 bits per heavy atom. The van der Waals surface area contributed by atoms with Gasteiger partial charge in [-0.15, -0.1) is 0 Å². The van der Waals surface area contributed by atoms with Crippen LogP contribution in [0.5, 0.6) is 5.75 Å². The molecule has 0 amide bonds. The van der Waals surface area contributed by atoms with Crippen molar-refractivity contribution in [3.8, 4) is 5.75 Å². The molecule has 0 aliphatic carbocycles. The van der Waals surface area contributed by atoms with Crippen LogP contribution < -0.4 is 10.2 Å². The Kier molecular flexibility index (Phi) is 3.91. The average Bonchev–Trinajstić information content (AvgIpc) is 2.57. The Bertz CT molecular complexity index is 493. The fraction of sp³-hybridized carbons (Fsp3) is 0.625. The highest BCUT2D eigenvalue weighted by Gasteiger charge is 2.52. The SMILES string of the molecule is CCc1c(OC)ccc(B2OC(C)(C)C(C)(C)O2)c1C. The summed E-state index contributed by atoms with van der Waals surface area (Å²) < 4.78 is 17.7. The van der Waals surface area contributed by atoms with Gasteiger partial charge in [-0.1, -0.05) is 13.0 Å². The van der Waals surface area contributed by atoms with Gasteiger partial charge in [0.05, 0.1) is 18.3 Å². The van der Waals surface area contributed by atoms with Crippen molar-refractivity contribution in [1.29, 1.82) is 0 Å². The van der Waals surface area contributed by atoms with E-state index in [1.165, 1.54) is 11.1 Å². The van der Waals surface area contributed by atoms with Crippen molar-refractivity contribution in [2.75, 3.05) is 7.11 Å². The second kappa shape index (κ2) is 5.08. The third kappa shape index (κ3) is 2.36. The van der Waals surface area contributed by atoms with Crippen LogP contribution in [0.15, 0.2) is 12.1 Å². The standard InChI is InChI=1S/C16H25BO3/c1-8-12-11(2)13(9-10-14(12)18-7)17-19-15(3,4)16(5,6)20-17/h9-10H,8H2,1-7H3.